The van der Waals surface area contributed by atoms with Crippen LogP contribution < -0.4 is 0 Å². The monoisotopic (exact) mass is 436 g/mol. The fraction of sp³-hybridized carbons (Fsp3) is 0.348. The Morgan fingerprint density at radius 2 is 1.97 bits per heavy atom. The molecule has 154 valence electrons. The molecule has 4 aromatic rings. The fourth-order valence-corrected chi connectivity index (χ4v) is 5.94. The Balaban J connectivity index is 1.13. The summed E-state index contributed by atoms with van der Waals surface area (Å²) in [5.74, 6) is 1.52. The average Bonchev–Trinajstić information content (AvgIpc) is 3.40. The SMILES string of the molecule is O=C(CCCSc1nc2ccccc2[nH]1)N1CCC[C@H](c2nc3ccccc3s2)C1. The van der Waals surface area contributed by atoms with Crippen molar-refractivity contribution in [2.45, 2.75) is 36.8 Å². The predicted octanol–water partition coefficient (Wildman–Crippen LogP) is 5.45. The van der Waals surface area contributed by atoms with Crippen LogP contribution >= 0.6 is 23.1 Å². The number of likely N-dealkylation sites (tertiary alicyclic amines) is 1. The van der Waals surface area contributed by atoms with Crippen LogP contribution in [0.4, 0.5) is 0 Å². The highest BCUT2D eigenvalue weighted by atomic mass is 32.2. The number of piperidine rings is 1. The van der Waals surface area contributed by atoms with Crippen LogP contribution in [0.3, 0.4) is 0 Å². The number of carbonyl (C=O) groups is 1. The van der Waals surface area contributed by atoms with Gasteiger partial charge in [0.1, 0.15) is 0 Å². The zero-order chi connectivity index (χ0) is 20.3. The van der Waals surface area contributed by atoms with Gasteiger partial charge in [-0.3, -0.25) is 4.79 Å². The van der Waals surface area contributed by atoms with Crippen molar-refractivity contribution < 1.29 is 4.79 Å². The van der Waals surface area contributed by atoms with Gasteiger partial charge in [-0.1, -0.05) is 36.0 Å². The Bertz CT molecular complexity index is 1100. The van der Waals surface area contributed by atoms with Crippen LogP contribution in [0.1, 0.15) is 36.6 Å². The van der Waals surface area contributed by atoms with Gasteiger partial charge >= 0.3 is 0 Å². The number of rotatable bonds is 6. The summed E-state index contributed by atoms with van der Waals surface area (Å²) in [5, 5.41) is 2.10. The third kappa shape index (κ3) is 4.23. The number of imidazole rings is 1. The molecule has 1 aliphatic rings. The molecule has 1 fully saturated rings. The van der Waals surface area contributed by atoms with Crippen molar-refractivity contribution in [3.05, 3.63) is 53.5 Å². The molecule has 1 saturated heterocycles. The normalized spacial score (nSPS) is 17.1. The number of aromatic nitrogens is 3. The van der Waals surface area contributed by atoms with Crippen LogP contribution in [0.5, 0.6) is 0 Å². The maximum atomic E-state index is 12.8. The number of aromatic amines is 1. The molecule has 1 amide bonds. The van der Waals surface area contributed by atoms with Crippen molar-refractivity contribution in [1.29, 1.82) is 0 Å². The molecule has 1 atom stereocenters. The van der Waals surface area contributed by atoms with Crippen LogP contribution in [-0.2, 0) is 4.79 Å². The van der Waals surface area contributed by atoms with Gasteiger partial charge in [0.15, 0.2) is 5.16 Å². The summed E-state index contributed by atoms with van der Waals surface area (Å²) in [7, 11) is 0. The van der Waals surface area contributed by atoms with Crippen molar-refractivity contribution in [1.82, 2.24) is 19.9 Å². The van der Waals surface area contributed by atoms with Crippen LogP contribution in [0.2, 0.25) is 0 Å². The van der Waals surface area contributed by atoms with Gasteiger partial charge in [-0.25, -0.2) is 9.97 Å². The van der Waals surface area contributed by atoms with Gasteiger partial charge in [0.05, 0.1) is 26.3 Å². The van der Waals surface area contributed by atoms with E-state index in [2.05, 4.69) is 28.2 Å². The summed E-state index contributed by atoms with van der Waals surface area (Å²) < 4.78 is 1.23. The first-order valence-corrected chi connectivity index (χ1v) is 12.3. The minimum absolute atomic E-state index is 0.269. The molecule has 0 spiro atoms. The second-order valence-electron chi connectivity index (χ2n) is 7.71. The number of thiazole rings is 1. The minimum atomic E-state index is 0.269. The number of hydrogen-bond donors (Lipinski definition) is 1. The van der Waals surface area contributed by atoms with Crippen molar-refractivity contribution in [2.24, 2.45) is 0 Å². The minimum Gasteiger partial charge on any atom is -0.342 e. The van der Waals surface area contributed by atoms with E-state index < -0.39 is 0 Å². The molecule has 2 aromatic carbocycles. The van der Waals surface area contributed by atoms with Gasteiger partial charge in [-0.2, -0.15) is 0 Å². The van der Waals surface area contributed by atoms with Crippen LogP contribution in [0.25, 0.3) is 21.3 Å². The molecule has 30 heavy (non-hydrogen) atoms. The lowest BCUT2D eigenvalue weighted by molar-refractivity contribution is -0.132. The molecule has 0 unspecified atom stereocenters. The van der Waals surface area contributed by atoms with E-state index in [4.69, 9.17) is 4.98 Å². The number of nitrogens with one attached hydrogen (secondary N) is 1. The van der Waals surface area contributed by atoms with Crippen molar-refractivity contribution in [3.63, 3.8) is 0 Å². The number of carbonyl (C=O) groups excluding carboxylic acids is 1. The van der Waals surface area contributed by atoms with E-state index in [1.54, 1.807) is 23.1 Å². The Hall–Kier alpha value is -2.38. The molecule has 0 bridgehead atoms. The molecular formula is C23H24N4OS2. The molecule has 3 heterocycles. The van der Waals surface area contributed by atoms with E-state index >= 15 is 0 Å². The zero-order valence-electron chi connectivity index (χ0n) is 16.7. The molecule has 0 saturated carbocycles. The number of fused-ring (bicyclic) bond motifs is 2. The second-order valence-corrected chi connectivity index (χ2v) is 9.86. The van der Waals surface area contributed by atoms with E-state index in [0.29, 0.717) is 12.3 Å². The third-order valence-electron chi connectivity index (χ3n) is 5.58. The molecule has 2 aromatic heterocycles. The van der Waals surface area contributed by atoms with Crippen molar-refractivity contribution in [2.75, 3.05) is 18.8 Å². The zero-order valence-corrected chi connectivity index (χ0v) is 18.3. The first-order valence-electron chi connectivity index (χ1n) is 10.5. The van der Waals surface area contributed by atoms with Crippen LogP contribution in [0.15, 0.2) is 53.7 Å². The molecule has 5 nitrogen and oxygen atoms in total. The van der Waals surface area contributed by atoms with Crippen LogP contribution in [0, 0.1) is 0 Å². The summed E-state index contributed by atoms with van der Waals surface area (Å²) >= 11 is 3.46. The van der Waals surface area contributed by atoms with E-state index in [1.807, 2.05) is 35.2 Å². The smallest absolute Gasteiger partial charge is 0.222 e. The summed E-state index contributed by atoms with van der Waals surface area (Å²) in [5.41, 5.74) is 3.12. The first kappa shape index (κ1) is 19.6. The quantitative estimate of drug-likeness (QED) is 0.322. The van der Waals surface area contributed by atoms with E-state index in [9.17, 15) is 4.79 Å². The number of para-hydroxylation sites is 3. The molecule has 0 aliphatic carbocycles. The molecule has 0 radical (unpaired) electrons. The summed E-state index contributed by atoms with van der Waals surface area (Å²) in [4.78, 5) is 27.6. The van der Waals surface area contributed by atoms with Gasteiger partial charge in [0, 0.05) is 31.2 Å². The number of nitrogens with zero attached hydrogens (tertiary/aromatic N) is 3. The Labute approximate surface area is 183 Å². The fourth-order valence-electron chi connectivity index (χ4n) is 4.02. The van der Waals surface area contributed by atoms with Gasteiger partial charge in [-0.05, 0) is 43.5 Å². The Morgan fingerprint density at radius 1 is 1.13 bits per heavy atom. The molecule has 7 heteroatoms. The molecule has 1 N–H and O–H groups in total. The number of amides is 1. The predicted molar refractivity (Wildman–Crippen MR) is 124 cm³/mol. The number of H-pyrrole nitrogens is 1. The topological polar surface area (TPSA) is 61.9 Å². The molecule has 5 rings (SSSR count). The van der Waals surface area contributed by atoms with Gasteiger partial charge < -0.3 is 9.88 Å². The maximum absolute atomic E-state index is 12.8. The Kier molecular flexibility index (Phi) is 5.73. The lowest BCUT2D eigenvalue weighted by atomic mass is 9.98. The van der Waals surface area contributed by atoms with E-state index in [-0.39, 0.29) is 5.91 Å². The first-order chi connectivity index (χ1) is 14.8. The van der Waals surface area contributed by atoms with Gasteiger partial charge in [-0.15, -0.1) is 11.3 Å². The lowest BCUT2D eigenvalue weighted by Crippen LogP contribution is -2.39. The van der Waals surface area contributed by atoms with Crippen LogP contribution in [-0.4, -0.2) is 44.6 Å². The maximum Gasteiger partial charge on any atom is 0.222 e. The highest BCUT2D eigenvalue weighted by Gasteiger charge is 2.26. The van der Waals surface area contributed by atoms with E-state index in [0.717, 1.165) is 59.8 Å². The third-order valence-corrected chi connectivity index (χ3v) is 7.73. The summed E-state index contributed by atoms with van der Waals surface area (Å²) in [6.07, 6.45) is 3.63. The van der Waals surface area contributed by atoms with Gasteiger partial charge in [0.2, 0.25) is 5.91 Å². The molecular weight excluding hydrogens is 412 g/mol. The number of hydrogen-bond acceptors (Lipinski definition) is 5. The van der Waals surface area contributed by atoms with Crippen molar-refractivity contribution >= 4 is 50.3 Å². The van der Waals surface area contributed by atoms with Gasteiger partial charge in [0.25, 0.3) is 0 Å². The standard InChI is InChI=1S/C23H24N4OS2/c28-21(12-6-14-29-23-25-17-8-1-2-9-18(17)26-23)27-13-5-7-16(15-27)22-24-19-10-3-4-11-20(19)30-22/h1-4,8-11,16H,5-7,12-15H2,(H,25,26)/t16-/m0/s1. The number of thioether (sulfide) groups is 1. The largest absolute Gasteiger partial charge is 0.342 e. The lowest BCUT2D eigenvalue weighted by Gasteiger charge is -2.32. The van der Waals surface area contributed by atoms with Crippen molar-refractivity contribution in [3.8, 4) is 0 Å². The Morgan fingerprint density at radius 3 is 2.83 bits per heavy atom. The highest BCUT2D eigenvalue weighted by Crippen LogP contribution is 2.33. The highest BCUT2D eigenvalue weighted by molar-refractivity contribution is 7.99. The average molecular weight is 437 g/mol. The summed E-state index contributed by atoms with van der Waals surface area (Å²) in [6.45, 7) is 1.67. The second kappa shape index (κ2) is 8.78. The molecule has 1 aliphatic heterocycles. The number of benzene rings is 2. The summed E-state index contributed by atoms with van der Waals surface area (Å²) in [6, 6.07) is 16.3. The van der Waals surface area contributed by atoms with E-state index in [1.165, 1.54) is 9.71 Å².